The molecule has 0 atom stereocenters. The van der Waals surface area contributed by atoms with Crippen LogP contribution in [0.1, 0.15) is 5.56 Å². The van der Waals surface area contributed by atoms with Gasteiger partial charge >= 0.3 is 6.18 Å². The fourth-order valence-electron chi connectivity index (χ4n) is 2.38. The largest absolute Gasteiger partial charge is 0.417 e. The lowest BCUT2D eigenvalue weighted by atomic mass is 10.2. The number of amides is 1. The molecule has 1 amide bonds. The number of hydrogen-bond acceptors (Lipinski definition) is 4. The molecule has 6 nitrogen and oxygen atoms in total. The molecule has 1 aromatic carbocycles. The zero-order valence-electron chi connectivity index (χ0n) is 12.4. The van der Waals surface area contributed by atoms with Crippen LogP contribution in [-0.4, -0.2) is 56.3 Å². The highest BCUT2D eigenvalue weighted by atomic mass is 35.5. The summed E-state index contributed by atoms with van der Waals surface area (Å²) in [5.74, 6) is -0.529. The number of nitrogens with zero attached hydrogens (tertiary/aromatic N) is 2. The molecular formula is C13H15ClF3N3O3S. The Bertz CT molecular complexity index is 732. The number of benzene rings is 1. The van der Waals surface area contributed by atoms with Crippen molar-refractivity contribution in [3.8, 4) is 0 Å². The fourth-order valence-corrected chi connectivity index (χ4v) is 4.05. The number of sulfonamides is 1. The molecule has 1 aliphatic heterocycles. The Kier molecular flexibility index (Phi) is 5.43. The van der Waals surface area contributed by atoms with Crippen molar-refractivity contribution in [3.63, 3.8) is 0 Å². The summed E-state index contributed by atoms with van der Waals surface area (Å²) in [6.07, 6.45) is -4.75. The minimum absolute atomic E-state index is 0.00700. The Balaban J connectivity index is 2.21. The Morgan fingerprint density at radius 1 is 1.21 bits per heavy atom. The molecule has 2 N–H and O–H groups in total. The molecule has 1 fully saturated rings. The summed E-state index contributed by atoms with van der Waals surface area (Å²) in [7, 11) is -4.08. The summed E-state index contributed by atoms with van der Waals surface area (Å²) in [5, 5.41) is -0.562. The van der Waals surface area contributed by atoms with Crippen LogP contribution in [0.2, 0.25) is 5.02 Å². The van der Waals surface area contributed by atoms with E-state index in [-0.39, 0.29) is 32.7 Å². The third-order valence-electron chi connectivity index (χ3n) is 3.59. The van der Waals surface area contributed by atoms with Gasteiger partial charge in [0.2, 0.25) is 15.9 Å². The summed E-state index contributed by atoms with van der Waals surface area (Å²) >= 11 is 5.51. The molecule has 0 aromatic heterocycles. The third kappa shape index (κ3) is 4.18. The van der Waals surface area contributed by atoms with Crippen molar-refractivity contribution in [2.24, 2.45) is 5.73 Å². The van der Waals surface area contributed by atoms with Gasteiger partial charge in [-0.15, -0.1) is 0 Å². The van der Waals surface area contributed by atoms with Crippen molar-refractivity contribution >= 4 is 27.5 Å². The molecule has 1 saturated heterocycles. The fraction of sp³-hybridized carbons (Fsp3) is 0.462. The van der Waals surface area contributed by atoms with Crippen molar-refractivity contribution in [2.45, 2.75) is 11.1 Å². The van der Waals surface area contributed by atoms with Crippen LogP contribution in [0.4, 0.5) is 13.2 Å². The minimum Gasteiger partial charge on any atom is -0.369 e. The van der Waals surface area contributed by atoms with Crippen LogP contribution in [0.5, 0.6) is 0 Å². The average Bonchev–Trinajstić information content (AvgIpc) is 2.46. The molecule has 0 saturated carbocycles. The van der Waals surface area contributed by atoms with Crippen molar-refractivity contribution in [2.75, 3.05) is 32.7 Å². The molecular weight excluding hydrogens is 371 g/mol. The topological polar surface area (TPSA) is 83.7 Å². The summed E-state index contributed by atoms with van der Waals surface area (Å²) in [6.45, 7) is 0.649. The van der Waals surface area contributed by atoms with Gasteiger partial charge in [0, 0.05) is 26.2 Å². The van der Waals surface area contributed by atoms with Gasteiger partial charge < -0.3 is 5.73 Å². The number of nitrogens with two attached hydrogens (primary N) is 1. The van der Waals surface area contributed by atoms with E-state index in [1.165, 1.54) is 0 Å². The lowest BCUT2D eigenvalue weighted by Crippen LogP contribution is -2.50. The molecule has 2 rings (SSSR count). The number of piperazine rings is 1. The number of alkyl halides is 3. The minimum atomic E-state index is -4.75. The molecule has 1 aromatic rings. The SMILES string of the molecule is NC(=O)CN1CCN(S(=O)(=O)c2ccc(Cl)c(C(F)(F)F)c2)CC1. The number of primary amides is 1. The van der Waals surface area contributed by atoms with Gasteiger partial charge in [-0.05, 0) is 18.2 Å². The maximum atomic E-state index is 12.9. The van der Waals surface area contributed by atoms with E-state index in [0.29, 0.717) is 6.07 Å². The van der Waals surface area contributed by atoms with Crippen LogP contribution in [-0.2, 0) is 21.0 Å². The Morgan fingerprint density at radius 2 is 1.79 bits per heavy atom. The zero-order valence-corrected chi connectivity index (χ0v) is 14.0. The van der Waals surface area contributed by atoms with E-state index in [0.717, 1.165) is 16.4 Å². The molecule has 11 heteroatoms. The normalized spacial score (nSPS) is 17.8. The summed E-state index contributed by atoms with van der Waals surface area (Å²) in [4.78, 5) is 12.1. The van der Waals surface area contributed by atoms with Crippen molar-refractivity contribution in [3.05, 3.63) is 28.8 Å². The highest BCUT2D eigenvalue weighted by molar-refractivity contribution is 7.89. The molecule has 0 spiro atoms. The van der Waals surface area contributed by atoms with Gasteiger partial charge in [-0.1, -0.05) is 11.6 Å². The maximum Gasteiger partial charge on any atom is 0.417 e. The average molecular weight is 386 g/mol. The van der Waals surface area contributed by atoms with Gasteiger partial charge in [0.15, 0.2) is 0 Å². The van der Waals surface area contributed by atoms with Gasteiger partial charge in [0.25, 0.3) is 0 Å². The molecule has 1 aliphatic rings. The summed E-state index contributed by atoms with van der Waals surface area (Å²) in [6, 6.07) is 2.50. The Morgan fingerprint density at radius 3 is 2.29 bits per heavy atom. The lowest BCUT2D eigenvalue weighted by Gasteiger charge is -2.33. The Hall–Kier alpha value is -1.36. The van der Waals surface area contributed by atoms with Crippen molar-refractivity contribution < 1.29 is 26.4 Å². The number of hydrogen-bond donors (Lipinski definition) is 1. The van der Waals surface area contributed by atoms with E-state index in [4.69, 9.17) is 17.3 Å². The Labute approximate surface area is 142 Å². The van der Waals surface area contributed by atoms with E-state index >= 15 is 0 Å². The lowest BCUT2D eigenvalue weighted by molar-refractivity contribution is -0.137. The molecule has 0 aliphatic carbocycles. The highest BCUT2D eigenvalue weighted by Gasteiger charge is 2.36. The number of halogens is 4. The predicted molar refractivity (Wildman–Crippen MR) is 80.8 cm³/mol. The maximum absolute atomic E-state index is 12.9. The quantitative estimate of drug-likeness (QED) is 0.842. The van der Waals surface area contributed by atoms with Crippen molar-refractivity contribution in [1.29, 1.82) is 0 Å². The molecule has 134 valence electrons. The van der Waals surface area contributed by atoms with E-state index in [2.05, 4.69) is 0 Å². The van der Waals surface area contributed by atoms with Crippen LogP contribution >= 0.6 is 11.6 Å². The first kappa shape index (κ1) is 19.0. The second kappa shape index (κ2) is 6.87. The van der Waals surface area contributed by atoms with Crippen LogP contribution in [0.3, 0.4) is 0 Å². The van der Waals surface area contributed by atoms with Gasteiger partial charge in [0.05, 0.1) is 22.0 Å². The number of carbonyl (C=O) groups excluding carboxylic acids is 1. The van der Waals surface area contributed by atoms with Gasteiger partial charge in [-0.3, -0.25) is 9.69 Å². The van der Waals surface area contributed by atoms with E-state index in [1.54, 1.807) is 4.90 Å². The van der Waals surface area contributed by atoms with Crippen LogP contribution in [0, 0.1) is 0 Å². The van der Waals surface area contributed by atoms with Crippen LogP contribution in [0.15, 0.2) is 23.1 Å². The summed E-state index contributed by atoms with van der Waals surface area (Å²) < 4.78 is 64.8. The number of carbonyl (C=O) groups is 1. The second-order valence-electron chi connectivity index (χ2n) is 5.29. The van der Waals surface area contributed by atoms with Crippen molar-refractivity contribution in [1.82, 2.24) is 9.21 Å². The summed E-state index contributed by atoms with van der Waals surface area (Å²) in [5.41, 5.74) is 3.88. The monoisotopic (exact) mass is 385 g/mol. The first-order valence-electron chi connectivity index (χ1n) is 6.89. The smallest absolute Gasteiger partial charge is 0.369 e. The third-order valence-corrected chi connectivity index (χ3v) is 5.82. The predicted octanol–water partition coefficient (Wildman–Crippen LogP) is 1.15. The molecule has 0 bridgehead atoms. The van der Waals surface area contributed by atoms with Gasteiger partial charge in [-0.25, -0.2) is 8.42 Å². The first-order chi connectivity index (χ1) is 11.0. The second-order valence-corrected chi connectivity index (χ2v) is 7.63. The van der Waals surface area contributed by atoms with Gasteiger partial charge in [0.1, 0.15) is 0 Å². The molecule has 24 heavy (non-hydrogen) atoms. The van der Waals surface area contributed by atoms with Crippen LogP contribution in [0.25, 0.3) is 0 Å². The highest BCUT2D eigenvalue weighted by Crippen LogP contribution is 2.36. The van der Waals surface area contributed by atoms with Crippen LogP contribution < -0.4 is 5.73 Å². The first-order valence-corrected chi connectivity index (χ1v) is 8.71. The molecule has 0 unspecified atom stereocenters. The number of rotatable bonds is 4. The zero-order chi connectivity index (χ0) is 18.1. The van der Waals surface area contributed by atoms with E-state index in [1.807, 2.05) is 0 Å². The molecule has 0 radical (unpaired) electrons. The van der Waals surface area contributed by atoms with E-state index in [9.17, 15) is 26.4 Å². The molecule has 1 heterocycles. The standard InChI is InChI=1S/C13H15ClF3N3O3S/c14-11-2-1-9(7-10(11)13(15,16)17)24(22,23)20-5-3-19(4-6-20)8-12(18)21/h1-2,7H,3-6,8H2,(H2,18,21). The van der Waals surface area contributed by atoms with E-state index < -0.39 is 37.6 Å². The van der Waals surface area contributed by atoms with Gasteiger partial charge in [-0.2, -0.15) is 17.5 Å².